The van der Waals surface area contributed by atoms with Gasteiger partial charge in [-0.2, -0.15) is 0 Å². The van der Waals surface area contributed by atoms with E-state index < -0.39 is 5.91 Å². The number of amides is 2. The molecule has 0 saturated carbocycles. The summed E-state index contributed by atoms with van der Waals surface area (Å²) in [6, 6.07) is 21.4. The third-order valence-electron chi connectivity index (χ3n) is 4.71. The summed E-state index contributed by atoms with van der Waals surface area (Å²) in [4.78, 5) is 27.2. The van der Waals surface area contributed by atoms with E-state index in [1.54, 1.807) is 54.6 Å². The van der Waals surface area contributed by atoms with E-state index in [9.17, 15) is 9.59 Å². The van der Waals surface area contributed by atoms with Crippen LogP contribution in [0.1, 0.15) is 11.1 Å². The molecule has 0 aliphatic carbocycles. The minimum absolute atomic E-state index is 0.111. The van der Waals surface area contributed by atoms with E-state index in [0.717, 1.165) is 11.1 Å². The molecule has 1 heterocycles. The number of nitrogens with zero attached hydrogens (tertiary/aromatic N) is 1. The number of fused-ring (bicyclic) bond motifs is 1. The van der Waals surface area contributed by atoms with Gasteiger partial charge in [-0.05, 0) is 47.5 Å². The number of carbonyl (C=O) groups excluding carboxylic acids is 2. The minimum Gasteiger partial charge on any atom is -0.449 e. The van der Waals surface area contributed by atoms with E-state index in [4.69, 9.17) is 27.9 Å². The predicted octanol–water partition coefficient (Wildman–Crippen LogP) is 5.08. The van der Waals surface area contributed by atoms with Gasteiger partial charge in [0.05, 0.1) is 5.69 Å². The standard InChI is InChI=1S/C24H18Cl2N2O3/c25-18-8-5-6-16(12-18)13-22-24(30)28(20-10-3-4-11-21(20)31-22)15-23(29)27-14-17-7-1-2-9-19(17)26/h1-13H,14-15H2,(H,27,29). The third kappa shape index (κ3) is 4.90. The molecule has 4 rings (SSSR count). The fraction of sp³-hybridized carbons (Fsp3) is 0.0833. The van der Waals surface area contributed by atoms with Gasteiger partial charge >= 0.3 is 0 Å². The first-order valence-corrected chi connectivity index (χ1v) is 10.3. The molecule has 0 atom stereocenters. The van der Waals surface area contributed by atoms with Gasteiger partial charge < -0.3 is 10.1 Å². The molecule has 0 bridgehead atoms. The maximum absolute atomic E-state index is 13.1. The molecule has 1 aliphatic heterocycles. The van der Waals surface area contributed by atoms with Gasteiger partial charge in [-0.25, -0.2) is 0 Å². The quantitative estimate of drug-likeness (QED) is 0.549. The maximum Gasteiger partial charge on any atom is 0.294 e. The van der Waals surface area contributed by atoms with Crippen LogP contribution in [0.4, 0.5) is 5.69 Å². The van der Waals surface area contributed by atoms with Crippen LogP contribution in [0, 0.1) is 0 Å². The molecule has 156 valence electrons. The molecule has 1 N–H and O–H groups in total. The number of para-hydroxylation sites is 2. The molecule has 3 aromatic rings. The summed E-state index contributed by atoms with van der Waals surface area (Å²) >= 11 is 12.2. The zero-order valence-electron chi connectivity index (χ0n) is 16.3. The first kappa shape index (κ1) is 21.0. The second kappa shape index (κ2) is 9.25. The van der Waals surface area contributed by atoms with Gasteiger partial charge in [-0.15, -0.1) is 0 Å². The van der Waals surface area contributed by atoms with Crippen molar-refractivity contribution >= 4 is 46.8 Å². The van der Waals surface area contributed by atoms with Crippen LogP contribution in [0.15, 0.2) is 78.6 Å². The smallest absolute Gasteiger partial charge is 0.294 e. The minimum atomic E-state index is -0.411. The van der Waals surface area contributed by atoms with Gasteiger partial charge in [0.2, 0.25) is 5.91 Å². The van der Waals surface area contributed by atoms with Crippen molar-refractivity contribution in [2.24, 2.45) is 0 Å². The van der Waals surface area contributed by atoms with E-state index in [-0.39, 0.29) is 24.8 Å². The molecule has 7 heteroatoms. The molecule has 0 radical (unpaired) electrons. The second-order valence-electron chi connectivity index (χ2n) is 6.89. The average molecular weight is 453 g/mol. The molecule has 5 nitrogen and oxygen atoms in total. The molecule has 0 spiro atoms. The Labute approximate surface area is 189 Å². The maximum atomic E-state index is 13.1. The summed E-state index contributed by atoms with van der Waals surface area (Å²) in [6.45, 7) is 0.112. The molecule has 2 amide bonds. The number of nitrogens with one attached hydrogen (secondary N) is 1. The van der Waals surface area contributed by atoms with Gasteiger partial charge in [0.15, 0.2) is 11.5 Å². The topological polar surface area (TPSA) is 58.6 Å². The van der Waals surface area contributed by atoms with Gasteiger partial charge in [-0.1, -0.05) is 65.7 Å². The predicted molar refractivity (Wildman–Crippen MR) is 122 cm³/mol. The van der Waals surface area contributed by atoms with Crippen LogP contribution in [0.25, 0.3) is 6.08 Å². The highest BCUT2D eigenvalue weighted by Gasteiger charge is 2.31. The lowest BCUT2D eigenvalue weighted by Gasteiger charge is -2.30. The van der Waals surface area contributed by atoms with Crippen molar-refractivity contribution in [2.45, 2.75) is 6.54 Å². The number of anilines is 1. The summed E-state index contributed by atoms with van der Waals surface area (Å²) in [5.41, 5.74) is 2.05. The fourth-order valence-electron chi connectivity index (χ4n) is 3.20. The van der Waals surface area contributed by atoms with Crippen molar-refractivity contribution in [3.63, 3.8) is 0 Å². The van der Waals surface area contributed by atoms with E-state index >= 15 is 0 Å². The number of hydrogen-bond donors (Lipinski definition) is 1. The van der Waals surface area contributed by atoms with Crippen LogP contribution >= 0.6 is 23.2 Å². The van der Waals surface area contributed by atoms with Gasteiger partial charge in [0.25, 0.3) is 5.91 Å². The van der Waals surface area contributed by atoms with E-state index in [0.29, 0.717) is 21.5 Å². The fourth-order valence-corrected chi connectivity index (χ4v) is 3.60. The molecule has 0 unspecified atom stereocenters. The van der Waals surface area contributed by atoms with Crippen LogP contribution in [0.2, 0.25) is 10.0 Å². The van der Waals surface area contributed by atoms with Gasteiger partial charge in [-0.3, -0.25) is 14.5 Å². The van der Waals surface area contributed by atoms with Crippen LogP contribution in [-0.4, -0.2) is 18.4 Å². The number of benzene rings is 3. The monoisotopic (exact) mass is 452 g/mol. The lowest BCUT2D eigenvalue weighted by Crippen LogP contribution is -2.44. The SMILES string of the molecule is O=C(CN1C(=O)C(=Cc2cccc(Cl)c2)Oc2ccccc21)NCc1ccccc1Cl. The van der Waals surface area contributed by atoms with Crippen molar-refractivity contribution in [2.75, 3.05) is 11.4 Å². The van der Waals surface area contributed by atoms with Crippen LogP contribution < -0.4 is 15.0 Å². The number of rotatable bonds is 5. The molecular weight excluding hydrogens is 435 g/mol. The lowest BCUT2D eigenvalue weighted by molar-refractivity contribution is -0.123. The van der Waals surface area contributed by atoms with E-state index in [2.05, 4.69) is 5.32 Å². The van der Waals surface area contributed by atoms with Gasteiger partial charge in [0.1, 0.15) is 6.54 Å². The average Bonchev–Trinajstić information content (AvgIpc) is 2.76. The summed E-state index contributed by atoms with van der Waals surface area (Å²) in [7, 11) is 0. The normalized spacial score (nSPS) is 14.2. The van der Waals surface area contributed by atoms with Crippen LogP contribution in [0.5, 0.6) is 5.75 Å². The summed E-state index contributed by atoms with van der Waals surface area (Å²) in [5.74, 6) is -0.118. The Hall–Kier alpha value is -3.28. The van der Waals surface area contributed by atoms with E-state index in [1.165, 1.54) is 4.90 Å². The van der Waals surface area contributed by atoms with Crippen LogP contribution in [0.3, 0.4) is 0 Å². The number of hydrogen-bond acceptors (Lipinski definition) is 3. The van der Waals surface area contributed by atoms with Crippen molar-refractivity contribution in [3.05, 3.63) is 99.7 Å². The Morgan fingerprint density at radius 2 is 1.77 bits per heavy atom. The first-order valence-electron chi connectivity index (χ1n) is 9.57. The molecule has 0 aromatic heterocycles. The molecular formula is C24H18Cl2N2O3. The zero-order valence-corrected chi connectivity index (χ0v) is 17.9. The largest absolute Gasteiger partial charge is 0.449 e. The van der Waals surface area contributed by atoms with Gasteiger partial charge in [0, 0.05) is 16.6 Å². The number of ether oxygens (including phenoxy) is 1. The Kier molecular flexibility index (Phi) is 6.26. The zero-order chi connectivity index (χ0) is 21.8. The lowest BCUT2D eigenvalue weighted by atomic mass is 10.1. The molecule has 31 heavy (non-hydrogen) atoms. The summed E-state index contributed by atoms with van der Waals surface area (Å²) in [5, 5.41) is 3.94. The highest BCUT2D eigenvalue weighted by Crippen LogP contribution is 2.35. The van der Waals surface area contributed by atoms with Crippen LogP contribution in [-0.2, 0) is 16.1 Å². The highest BCUT2D eigenvalue weighted by atomic mass is 35.5. The number of halogens is 2. The first-order chi connectivity index (χ1) is 15.0. The van der Waals surface area contributed by atoms with Crippen molar-refractivity contribution in [1.82, 2.24) is 5.32 Å². The van der Waals surface area contributed by atoms with Crippen molar-refractivity contribution in [3.8, 4) is 5.75 Å². The molecule has 3 aromatic carbocycles. The Morgan fingerprint density at radius 1 is 1.00 bits per heavy atom. The number of carbonyl (C=O) groups is 2. The third-order valence-corrected chi connectivity index (χ3v) is 5.32. The van der Waals surface area contributed by atoms with Crippen molar-refractivity contribution < 1.29 is 14.3 Å². The molecule has 1 aliphatic rings. The second-order valence-corrected chi connectivity index (χ2v) is 7.74. The molecule has 0 fully saturated rings. The Morgan fingerprint density at radius 3 is 2.58 bits per heavy atom. The summed E-state index contributed by atoms with van der Waals surface area (Å²) < 4.78 is 5.82. The molecule has 0 saturated heterocycles. The highest BCUT2D eigenvalue weighted by molar-refractivity contribution is 6.31. The van der Waals surface area contributed by atoms with E-state index in [1.807, 2.05) is 24.3 Å². The Bertz CT molecular complexity index is 1180. The summed E-state index contributed by atoms with van der Waals surface area (Å²) in [6.07, 6.45) is 1.61. The van der Waals surface area contributed by atoms with Crippen molar-refractivity contribution in [1.29, 1.82) is 0 Å². The Balaban J connectivity index is 1.56.